The molecule has 2 aromatic heterocycles. The summed E-state index contributed by atoms with van der Waals surface area (Å²) < 4.78 is 13.3. The molecule has 3 rings (SSSR count). The number of rotatable bonds is 2. The number of amides is 1. The van der Waals surface area contributed by atoms with Crippen LogP contribution < -0.4 is 10.9 Å². The van der Waals surface area contributed by atoms with Gasteiger partial charge in [0, 0.05) is 17.1 Å². The number of aromatic nitrogens is 2. The van der Waals surface area contributed by atoms with Crippen LogP contribution in [0.3, 0.4) is 0 Å². The van der Waals surface area contributed by atoms with E-state index in [1.807, 2.05) is 0 Å². The molecule has 0 bridgehead atoms. The zero-order chi connectivity index (χ0) is 16.4. The molecule has 23 heavy (non-hydrogen) atoms. The van der Waals surface area contributed by atoms with E-state index in [0.29, 0.717) is 11.0 Å². The predicted octanol–water partition coefficient (Wildman–Crippen LogP) is 2.19. The maximum Gasteiger partial charge on any atom is 0.274 e. The molecular weight excluding hydrogens is 299 g/mol. The van der Waals surface area contributed by atoms with Crippen LogP contribution in [-0.4, -0.2) is 15.9 Å². The lowest BCUT2D eigenvalue weighted by Crippen LogP contribution is -2.14. The van der Waals surface area contributed by atoms with Crippen molar-refractivity contribution in [2.75, 3.05) is 5.32 Å². The van der Waals surface area contributed by atoms with Crippen LogP contribution in [0.15, 0.2) is 47.3 Å². The van der Waals surface area contributed by atoms with Gasteiger partial charge >= 0.3 is 0 Å². The minimum Gasteiger partial charge on any atom is -0.321 e. The van der Waals surface area contributed by atoms with Gasteiger partial charge in [-0.25, -0.2) is 9.37 Å². The van der Waals surface area contributed by atoms with Gasteiger partial charge in [0.2, 0.25) is 5.56 Å². The van der Waals surface area contributed by atoms with Crippen molar-refractivity contribution >= 4 is 22.6 Å². The number of benzene rings is 1. The Kier molecular flexibility index (Phi) is 3.57. The fourth-order valence-corrected chi connectivity index (χ4v) is 2.04. The van der Waals surface area contributed by atoms with Crippen LogP contribution in [0.1, 0.15) is 16.1 Å². The van der Waals surface area contributed by atoms with E-state index in [4.69, 9.17) is 5.26 Å². The number of fused-ring (bicyclic) bond motifs is 1. The highest BCUT2D eigenvalue weighted by Crippen LogP contribution is 2.15. The van der Waals surface area contributed by atoms with Crippen molar-refractivity contribution in [1.29, 1.82) is 5.26 Å². The second-order valence-corrected chi connectivity index (χ2v) is 4.72. The van der Waals surface area contributed by atoms with Crippen molar-refractivity contribution in [2.45, 2.75) is 0 Å². The van der Waals surface area contributed by atoms with Crippen molar-refractivity contribution in [1.82, 2.24) is 9.97 Å². The highest BCUT2D eigenvalue weighted by molar-refractivity contribution is 6.03. The summed E-state index contributed by atoms with van der Waals surface area (Å²) in [5.74, 6) is -1.20. The molecule has 0 radical (unpaired) electrons. The Morgan fingerprint density at radius 3 is 2.78 bits per heavy atom. The highest BCUT2D eigenvalue weighted by atomic mass is 19.1. The van der Waals surface area contributed by atoms with Crippen LogP contribution >= 0.6 is 0 Å². The van der Waals surface area contributed by atoms with E-state index in [1.54, 1.807) is 18.2 Å². The van der Waals surface area contributed by atoms with Gasteiger partial charge in [-0.15, -0.1) is 0 Å². The molecule has 0 aliphatic heterocycles. The molecule has 7 heteroatoms. The van der Waals surface area contributed by atoms with Crippen molar-refractivity contribution in [3.05, 3.63) is 69.9 Å². The van der Waals surface area contributed by atoms with Crippen molar-refractivity contribution in [3.63, 3.8) is 0 Å². The average molecular weight is 308 g/mol. The van der Waals surface area contributed by atoms with Gasteiger partial charge in [0.15, 0.2) is 0 Å². The van der Waals surface area contributed by atoms with Crippen LogP contribution in [0, 0.1) is 17.1 Å². The fraction of sp³-hybridized carbons (Fsp3) is 0. The summed E-state index contributed by atoms with van der Waals surface area (Å²) in [6, 6.07) is 11.5. The van der Waals surface area contributed by atoms with Crippen molar-refractivity contribution < 1.29 is 9.18 Å². The highest BCUT2D eigenvalue weighted by Gasteiger charge is 2.10. The van der Waals surface area contributed by atoms with Gasteiger partial charge in [0.05, 0.1) is 5.56 Å². The summed E-state index contributed by atoms with van der Waals surface area (Å²) in [6.07, 6.45) is 0. The lowest BCUT2D eigenvalue weighted by molar-refractivity contribution is 0.102. The number of hydrogen-bond acceptors (Lipinski definition) is 4. The summed E-state index contributed by atoms with van der Waals surface area (Å²) >= 11 is 0. The Hall–Kier alpha value is -3.53. The molecular formula is C16H9FN4O2. The molecule has 2 heterocycles. The SMILES string of the molecule is N#Cc1cc(NC(=O)c2ccc3ccc(=O)[nH]c3n2)ccc1F. The largest absolute Gasteiger partial charge is 0.321 e. The number of H-pyrrole nitrogens is 1. The number of carbonyl (C=O) groups excluding carboxylic acids is 1. The van der Waals surface area contributed by atoms with Crippen molar-refractivity contribution in [2.24, 2.45) is 0 Å². The van der Waals surface area contributed by atoms with Gasteiger partial charge in [-0.05, 0) is 36.4 Å². The molecule has 0 atom stereocenters. The third kappa shape index (κ3) is 2.91. The molecule has 2 N–H and O–H groups in total. The fourth-order valence-electron chi connectivity index (χ4n) is 2.04. The molecule has 6 nitrogen and oxygen atoms in total. The van der Waals surface area contributed by atoms with Gasteiger partial charge < -0.3 is 10.3 Å². The van der Waals surface area contributed by atoms with E-state index in [-0.39, 0.29) is 22.5 Å². The Morgan fingerprint density at radius 1 is 1.22 bits per heavy atom. The third-order valence-corrected chi connectivity index (χ3v) is 3.16. The maximum absolute atomic E-state index is 13.3. The number of halogens is 1. The third-order valence-electron chi connectivity index (χ3n) is 3.16. The predicted molar refractivity (Wildman–Crippen MR) is 81.4 cm³/mol. The Bertz CT molecular complexity index is 1020. The number of aromatic amines is 1. The zero-order valence-electron chi connectivity index (χ0n) is 11.6. The maximum atomic E-state index is 13.3. The lowest BCUT2D eigenvalue weighted by atomic mass is 10.2. The molecule has 0 unspecified atom stereocenters. The molecule has 0 aliphatic carbocycles. The first-order valence-corrected chi connectivity index (χ1v) is 6.58. The summed E-state index contributed by atoms with van der Waals surface area (Å²) in [5.41, 5.74) is 0.166. The smallest absolute Gasteiger partial charge is 0.274 e. The van der Waals surface area contributed by atoms with E-state index < -0.39 is 11.7 Å². The number of anilines is 1. The number of nitriles is 1. The molecule has 0 fully saturated rings. The zero-order valence-corrected chi connectivity index (χ0v) is 11.6. The van der Waals surface area contributed by atoms with Gasteiger partial charge in [-0.3, -0.25) is 9.59 Å². The molecule has 112 valence electrons. The summed E-state index contributed by atoms with van der Waals surface area (Å²) in [7, 11) is 0. The first kappa shape index (κ1) is 14.4. The Labute approximate surface area is 129 Å². The van der Waals surface area contributed by atoms with E-state index in [1.165, 1.54) is 24.3 Å². The number of hydrogen-bond donors (Lipinski definition) is 2. The van der Waals surface area contributed by atoms with Crippen molar-refractivity contribution in [3.8, 4) is 6.07 Å². The van der Waals surface area contributed by atoms with E-state index in [2.05, 4.69) is 15.3 Å². The molecule has 3 aromatic rings. The first-order valence-electron chi connectivity index (χ1n) is 6.58. The Morgan fingerprint density at radius 2 is 2.00 bits per heavy atom. The van der Waals surface area contributed by atoms with Gasteiger partial charge in [-0.2, -0.15) is 5.26 Å². The number of nitrogens with one attached hydrogen (secondary N) is 2. The first-order chi connectivity index (χ1) is 11.1. The standard InChI is InChI=1S/C16H9FN4O2/c17-12-4-3-11(7-10(12)8-18)19-16(23)13-5-1-9-2-6-14(22)21-15(9)20-13/h1-7H,(H,19,23)(H,20,21,22). The topological polar surface area (TPSA) is 98.6 Å². The number of nitrogens with zero attached hydrogens (tertiary/aromatic N) is 2. The lowest BCUT2D eigenvalue weighted by Gasteiger charge is -2.06. The van der Waals surface area contributed by atoms with Crippen LogP contribution in [-0.2, 0) is 0 Å². The van der Waals surface area contributed by atoms with Gasteiger partial charge in [0.25, 0.3) is 5.91 Å². The molecule has 0 saturated heterocycles. The summed E-state index contributed by atoms with van der Waals surface area (Å²) in [5, 5.41) is 12.0. The van der Waals surface area contributed by atoms with Crippen LogP contribution in [0.2, 0.25) is 0 Å². The molecule has 1 amide bonds. The van der Waals surface area contributed by atoms with E-state index >= 15 is 0 Å². The quantitative estimate of drug-likeness (QED) is 0.758. The van der Waals surface area contributed by atoms with E-state index in [9.17, 15) is 14.0 Å². The summed E-state index contributed by atoms with van der Waals surface area (Å²) in [4.78, 5) is 30.1. The minimum atomic E-state index is -0.660. The second kappa shape index (κ2) is 5.69. The van der Waals surface area contributed by atoms with Crippen LogP contribution in [0.25, 0.3) is 11.0 Å². The minimum absolute atomic E-state index is 0.0854. The monoisotopic (exact) mass is 308 g/mol. The normalized spacial score (nSPS) is 10.3. The molecule has 1 aromatic carbocycles. The Balaban J connectivity index is 1.91. The second-order valence-electron chi connectivity index (χ2n) is 4.72. The van der Waals surface area contributed by atoms with Crippen LogP contribution in [0.5, 0.6) is 0 Å². The van der Waals surface area contributed by atoms with Gasteiger partial charge in [-0.1, -0.05) is 0 Å². The van der Waals surface area contributed by atoms with Gasteiger partial charge in [0.1, 0.15) is 23.2 Å². The average Bonchev–Trinajstić information content (AvgIpc) is 2.55. The molecule has 0 aliphatic rings. The van der Waals surface area contributed by atoms with E-state index in [0.717, 1.165) is 6.07 Å². The summed E-state index contributed by atoms with van der Waals surface area (Å²) in [6.45, 7) is 0. The number of pyridine rings is 2. The molecule has 0 saturated carbocycles. The van der Waals surface area contributed by atoms with Crippen LogP contribution in [0.4, 0.5) is 10.1 Å². The number of carbonyl (C=O) groups is 1. The molecule has 0 spiro atoms.